The summed E-state index contributed by atoms with van der Waals surface area (Å²) in [5.74, 6) is 0. The van der Waals surface area contributed by atoms with Gasteiger partial charge in [-0.3, -0.25) is 0 Å². The summed E-state index contributed by atoms with van der Waals surface area (Å²) in [7, 11) is 0. The van der Waals surface area contributed by atoms with Crippen LogP contribution in [0.25, 0.3) is 0 Å². The second-order valence-corrected chi connectivity index (χ2v) is 4.35. The summed E-state index contributed by atoms with van der Waals surface area (Å²) in [4.78, 5) is 0. The fourth-order valence-corrected chi connectivity index (χ4v) is 1.72. The molecule has 0 aromatic carbocycles. The Morgan fingerprint density at radius 2 is 1.46 bits per heavy atom. The van der Waals surface area contributed by atoms with Crippen molar-refractivity contribution in [2.45, 2.75) is 51.9 Å². The molecule has 1 nitrogen and oxygen atoms in total. The van der Waals surface area contributed by atoms with E-state index in [1.807, 2.05) is 0 Å². The molecule has 0 aliphatic rings. The van der Waals surface area contributed by atoms with E-state index >= 15 is 0 Å². The molecule has 0 saturated carbocycles. The number of nitrogens with one attached hydrogen (secondary N) is 1. The predicted molar refractivity (Wildman–Crippen MR) is 64.7 cm³/mol. The second-order valence-electron chi connectivity index (χ2n) is 3.56. The van der Waals surface area contributed by atoms with Crippen LogP contribution in [0, 0.1) is 0 Å². The minimum absolute atomic E-state index is 1.16. The zero-order valence-electron chi connectivity index (χ0n) is 8.95. The highest BCUT2D eigenvalue weighted by Gasteiger charge is 1.89. The van der Waals surface area contributed by atoms with Gasteiger partial charge in [-0.05, 0) is 32.4 Å². The Balaban J connectivity index is 2.76. The van der Waals surface area contributed by atoms with Crippen LogP contribution in [0.3, 0.4) is 0 Å². The SMILES string of the molecule is CCCCCCNCCCCCBr. The molecule has 0 saturated heterocycles. The van der Waals surface area contributed by atoms with Gasteiger partial charge in [-0.1, -0.05) is 48.5 Å². The average molecular weight is 250 g/mol. The van der Waals surface area contributed by atoms with Gasteiger partial charge in [-0.25, -0.2) is 0 Å². The van der Waals surface area contributed by atoms with E-state index in [-0.39, 0.29) is 0 Å². The molecule has 13 heavy (non-hydrogen) atoms. The van der Waals surface area contributed by atoms with Crippen LogP contribution in [0.2, 0.25) is 0 Å². The van der Waals surface area contributed by atoms with Gasteiger partial charge in [0.15, 0.2) is 0 Å². The third-order valence-electron chi connectivity index (χ3n) is 2.19. The third kappa shape index (κ3) is 12.4. The lowest BCUT2D eigenvalue weighted by molar-refractivity contribution is 0.573. The van der Waals surface area contributed by atoms with Gasteiger partial charge >= 0.3 is 0 Å². The molecular formula is C11H24BrN. The molecule has 2 heteroatoms. The Bertz CT molecular complexity index is 76.2. The Kier molecular flexibility index (Phi) is 12.9. The lowest BCUT2D eigenvalue weighted by Gasteiger charge is -2.03. The average Bonchev–Trinajstić information content (AvgIpc) is 2.16. The summed E-state index contributed by atoms with van der Waals surface area (Å²) in [6.45, 7) is 4.68. The molecule has 0 unspecified atom stereocenters. The molecule has 0 spiro atoms. The second kappa shape index (κ2) is 12.4. The number of hydrogen-bond acceptors (Lipinski definition) is 1. The maximum absolute atomic E-state index is 3.49. The number of alkyl halides is 1. The lowest BCUT2D eigenvalue weighted by atomic mass is 10.2. The van der Waals surface area contributed by atoms with Crippen molar-refractivity contribution in [2.24, 2.45) is 0 Å². The first-order chi connectivity index (χ1) is 6.41. The third-order valence-corrected chi connectivity index (χ3v) is 2.76. The molecule has 0 bridgehead atoms. The Labute approximate surface area is 91.8 Å². The van der Waals surface area contributed by atoms with Crippen LogP contribution in [0.5, 0.6) is 0 Å². The molecule has 0 heterocycles. The van der Waals surface area contributed by atoms with E-state index in [9.17, 15) is 0 Å². The van der Waals surface area contributed by atoms with Gasteiger partial charge in [0.2, 0.25) is 0 Å². The summed E-state index contributed by atoms with van der Waals surface area (Å²) in [5.41, 5.74) is 0. The van der Waals surface area contributed by atoms with Crippen molar-refractivity contribution in [3.05, 3.63) is 0 Å². The molecular weight excluding hydrogens is 226 g/mol. The van der Waals surface area contributed by atoms with Gasteiger partial charge in [-0.2, -0.15) is 0 Å². The summed E-state index contributed by atoms with van der Waals surface area (Å²) in [6, 6.07) is 0. The van der Waals surface area contributed by atoms with Crippen LogP contribution in [-0.2, 0) is 0 Å². The topological polar surface area (TPSA) is 12.0 Å². The Morgan fingerprint density at radius 3 is 2.00 bits per heavy atom. The monoisotopic (exact) mass is 249 g/mol. The highest BCUT2D eigenvalue weighted by Crippen LogP contribution is 1.98. The van der Waals surface area contributed by atoms with Crippen molar-refractivity contribution in [2.75, 3.05) is 18.4 Å². The van der Waals surface area contributed by atoms with E-state index < -0.39 is 0 Å². The summed E-state index contributed by atoms with van der Waals surface area (Å²) >= 11 is 3.44. The van der Waals surface area contributed by atoms with Crippen molar-refractivity contribution in [3.8, 4) is 0 Å². The standard InChI is InChI=1S/C11H24BrN/c1-2-3-4-7-10-13-11-8-5-6-9-12/h13H,2-11H2,1H3. The maximum atomic E-state index is 3.49. The fraction of sp³-hybridized carbons (Fsp3) is 1.00. The predicted octanol–water partition coefficient (Wildman–Crippen LogP) is 3.72. The van der Waals surface area contributed by atoms with Crippen molar-refractivity contribution >= 4 is 15.9 Å². The molecule has 1 N–H and O–H groups in total. The minimum atomic E-state index is 1.16. The van der Waals surface area contributed by atoms with Crippen molar-refractivity contribution in [1.29, 1.82) is 0 Å². The van der Waals surface area contributed by atoms with Crippen molar-refractivity contribution in [3.63, 3.8) is 0 Å². The van der Waals surface area contributed by atoms with E-state index in [1.165, 1.54) is 58.0 Å². The molecule has 0 atom stereocenters. The van der Waals surface area contributed by atoms with Crippen molar-refractivity contribution < 1.29 is 0 Å². The van der Waals surface area contributed by atoms with E-state index in [4.69, 9.17) is 0 Å². The number of halogens is 1. The molecule has 0 radical (unpaired) electrons. The number of rotatable bonds is 10. The number of unbranched alkanes of at least 4 members (excludes halogenated alkanes) is 5. The van der Waals surface area contributed by atoms with Gasteiger partial charge in [0.05, 0.1) is 0 Å². The summed E-state index contributed by atoms with van der Waals surface area (Å²) in [5, 5.41) is 4.64. The van der Waals surface area contributed by atoms with Crippen LogP contribution >= 0.6 is 15.9 Å². The summed E-state index contributed by atoms with van der Waals surface area (Å²) < 4.78 is 0. The van der Waals surface area contributed by atoms with Crippen LogP contribution in [-0.4, -0.2) is 18.4 Å². The van der Waals surface area contributed by atoms with Crippen LogP contribution in [0.4, 0.5) is 0 Å². The fourth-order valence-electron chi connectivity index (χ4n) is 1.32. The molecule has 0 aliphatic carbocycles. The van der Waals surface area contributed by atoms with Crippen LogP contribution in [0.1, 0.15) is 51.9 Å². The van der Waals surface area contributed by atoms with Crippen LogP contribution < -0.4 is 5.32 Å². The quantitative estimate of drug-likeness (QED) is 0.460. The number of hydrogen-bond donors (Lipinski definition) is 1. The first-order valence-corrected chi connectivity index (χ1v) is 6.80. The largest absolute Gasteiger partial charge is 0.317 e. The zero-order valence-corrected chi connectivity index (χ0v) is 10.5. The lowest BCUT2D eigenvalue weighted by Crippen LogP contribution is -2.16. The van der Waals surface area contributed by atoms with Gasteiger partial charge in [0, 0.05) is 5.33 Å². The zero-order chi connectivity index (χ0) is 9.78. The van der Waals surface area contributed by atoms with E-state index in [2.05, 4.69) is 28.2 Å². The smallest absolute Gasteiger partial charge is 0.00313 e. The van der Waals surface area contributed by atoms with E-state index in [0.29, 0.717) is 0 Å². The van der Waals surface area contributed by atoms with Crippen molar-refractivity contribution in [1.82, 2.24) is 5.32 Å². The van der Waals surface area contributed by atoms with Gasteiger partial charge in [-0.15, -0.1) is 0 Å². The molecule has 0 fully saturated rings. The highest BCUT2D eigenvalue weighted by molar-refractivity contribution is 9.09. The minimum Gasteiger partial charge on any atom is -0.317 e. The first kappa shape index (κ1) is 13.4. The van der Waals surface area contributed by atoms with Crippen LogP contribution in [0.15, 0.2) is 0 Å². The molecule has 0 aliphatic heterocycles. The molecule has 0 aromatic heterocycles. The van der Waals surface area contributed by atoms with E-state index in [1.54, 1.807) is 0 Å². The molecule has 0 aromatic rings. The first-order valence-electron chi connectivity index (χ1n) is 5.68. The normalized spacial score (nSPS) is 10.6. The summed E-state index contributed by atoms with van der Waals surface area (Å²) in [6.07, 6.45) is 9.48. The molecule has 80 valence electrons. The van der Waals surface area contributed by atoms with Gasteiger partial charge in [0.25, 0.3) is 0 Å². The Hall–Kier alpha value is 0.440. The molecule has 0 rings (SSSR count). The van der Waals surface area contributed by atoms with Gasteiger partial charge in [0.1, 0.15) is 0 Å². The van der Waals surface area contributed by atoms with Gasteiger partial charge < -0.3 is 5.32 Å². The highest BCUT2D eigenvalue weighted by atomic mass is 79.9. The maximum Gasteiger partial charge on any atom is 0.00313 e. The van der Waals surface area contributed by atoms with E-state index in [0.717, 1.165) is 5.33 Å². The molecule has 0 amide bonds. The Morgan fingerprint density at radius 1 is 0.846 bits per heavy atom.